The number of nitrogens with one attached hydrogen (secondary N) is 2. The summed E-state index contributed by atoms with van der Waals surface area (Å²) in [6, 6.07) is 10.2. The van der Waals surface area contributed by atoms with Crippen molar-refractivity contribution in [1.82, 2.24) is 9.97 Å². The van der Waals surface area contributed by atoms with Crippen LogP contribution in [0, 0.1) is 5.82 Å². The van der Waals surface area contributed by atoms with E-state index in [0.717, 1.165) is 12.6 Å². The van der Waals surface area contributed by atoms with Crippen LogP contribution in [0.4, 0.5) is 16.2 Å². The molecule has 20 heavy (non-hydrogen) atoms. The summed E-state index contributed by atoms with van der Waals surface area (Å²) in [6.45, 7) is 2.76. The Morgan fingerprint density at radius 2 is 2.05 bits per heavy atom. The van der Waals surface area contributed by atoms with E-state index >= 15 is 0 Å². The van der Waals surface area contributed by atoms with Gasteiger partial charge in [-0.2, -0.15) is 4.98 Å². The molecule has 1 heterocycles. The van der Waals surface area contributed by atoms with Crippen molar-refractivity contribution >= 4 is 11.8 Å². The third-order valence-corrected chi connectivity index (χ3v) is 3.11. The number of rotatable bonds is 6. The van der Waals surface area contributed by atoms with E-state index in [-0.39, 0.29) is 11.8 Å². The van der Waals surface area contributed by atoms with Gasteiger partial charge in [-0.1, -0.05) is 37.3 Å². The predicted molar refractivity (Wildman–Crippen MR) is 77.8 cm³/mol. The molecule has 0 radical (unpaired) electrons. The minimum absolute atomic E-state index is 0.160. The maximum Gasteiger partial charge on any atom is 0.239 e. The molecular formula is C14H18FN5. The topological polar surface area (TPSA) is 75.9 Å². The maximum atomic E-state index is 13.5. The van der Waals surface area contributed by atoms with E-state index < -0.39 is 5.82 Å². The molecule has 5 nitrogen and oxygen atoms in total. The molecule has 0 bridgehead atoms. The minimum Gasteiger partial charge on any atom is -0.367 e. The lowest BCUT2D eigenvalue weighted by Crippen LogP contribution is -2.14. The average Bonchev–Trinajstić information content (AvgIpc) is 2.50. The van der Waals surface area contributed by atoms with Crippen LogP contribution < -0.4 is 16.6 Å². The number of aromatic nitrogens is 2. The number of benzene rings is 1. The Morgan fingerprint density at radius 3 is 2.75 bits per heavy atom. The van der Waals surface area contributed by atoms with E-state index in [9.17, 15) is 4.39 Å². The lowest BCUT2D eigenvalue weighted by molar-refractivity contribution is 0.614. The Hall–Kier alpha value is -2.21. The van der Waals surface area contributed by atoms with Gasteiger partial charge in [0.25, 0.3) is 0 Å². The van der Waals surface area contributed by atoms with E-state index in [1.165, 1.54) is 5.56 Å². The number of nitrogen functional groups attached to an aromatic ring is 1. The summed E-state index contributed by atoms with van der Waals surface area (Å²) in [4.78, 5) is 7.61. The van der Waals surface area contributed by atoms with Gasteiger partial charge in [-0.05, 0) is 17.9 Å². The second-order valence-electron chi connectivity index (χ2n) is 4.56. The zero-order valence-corrected chi connectivity index (χ0v) is 11.3. The van der Waals surface area contributed by atoms with Crippen LogP contribution in [0.3, 0.4) is 0 Å². The molecule has 0 aliphatic heterocycles. The number of hydrogen-bond donors (Lipinski definition) is 3. The normalized spacial score (nSPS) is 11.9. The van der Waals surface area contributed by atoms with Crippen molar-refractivity contribution in [3.05, 3.63) is 47.9 Å². The fraction of sp³-hybridized carbons (Fsp3) is 0.286. The van der Waals surface area contributed by atoms with Crippen molar-refractivity contribution in [1.29, 1.82) is 0 Å². The van der Waals surface area contributed by atoms with Gasteiger partial charge < -0.3 is 5.32 Å². The maximum absolute atomic E-state index is 13.5. The predicted octanol–water partition coefficient (Wildman–Crippen LogP) is 2.51. The molecule has 4 N–H and O–H groups in total. The number of halogens is 1. The van der Waals surface area contributed by atoms with Gasteiger partial charge in [0.2, 0.25) is 5.95 Å². The summed E-state index contributed by atoms with van der Waals surface area (Å²) in [5, 5.41) is 2.97. The van der Waals surface area contributed by atoms with Crippen molar-refractivity contribution in [2.75, 3.05) is 17.3 Å². The molecule has 0 aliphatic carbocycles. The van der Waals surface area contributed by atoms with Crippen molar-refractivity contribution in [2.45, 2.75) is 19.3 Å². The molecule has 0 saturated heterocycles. The van der Waals surface area contributed by atoms with Crippen LogP contribution in [-0.2, 0) is 0 Å². The number of hydrogen-bond acceptors (Lipinski definition) is 5. The molecule has 0 aliphatic rings. The van der Waals surface area contributed by atoms with Gasteiger partial charge in [0, 0.05) is 6.54 Å². The molecular weight excluding hydrogens is 257 g/mol. The Kier molecular flexibility index (Phi) is 4.84. The van der Waals surface area contributed by atoms with Gasteiger partial charge in [-0.15, -0.1) is 0 Å². The summed E-state index contributed by atoms with van der Waals surface area (Å²) in [7, 11) is 0. The van der Waals surface area contributed by atoms with E-state index in [2.05, 4.69) is 39.8 Å². The van der Waals surface area contributed by atoms with Crippen LogP contribution in [0.25, 0.3) is 0 Å². The summed E-state index contributed by atoms with van der Waals surface area (Å²) in [6.07, 6.45) is 1.96. The van der Waals surface area contributed by atoms with Gasteiger partial charge in [0.1, 0.15) is 0 Å². The fourth-order valence-electron chi connectivity index (χ4n) is 1.92. The van der Waals surface area contributed by atoms with Gasteiger partial charge in [0.05, 0.1) is 6.20 Å². The average molecular weight is 275 g/mol. The Morgan fingerprint density at radius 1 is 1.30 bits per heavy atom. The molecule has 0 fully saturated rings. The number of nitrogens with zero attached hydrogens (tertiary/aromatic N) is 2. The van der Waals surface area contributed by atoms with E-state index in [0.29, 0.717) is 12.5 Å². The quantitative estimate of drug-likeness (QED) is 0.558. The number of hydrazine groups is 1. The molecule has 0 amide bonds. The summed E-state index contributed by atoms with van der Waals surface area (Å²) in [5.41, 5.74) is 3.56. The van der Waals surface area contributed by atoms with Gasteiger partial charge >= 0.3 is 0 Å². The second-order valence-corrected chi connectivity index (χ2v) is 4.56. The lowest BCUT2D eigenvalue weighted by atomic mass is 9.98. The molecule has 2 aromatic rings. The second kappa shape index (κ2) is 6.81. The molecule has 106 valence electrons. The lowest BCUT2D eigenvalue weighted by Gasteiger charge is -2.13. The van der Waals surface area contributed by atoms with E-state index in [4.69, 9.17) is 5.84 Å². The standard InChI is InChI=1S/C14H18FN5/c1-10(11-5-3-2-4-6-11)7-8-17-13-12(15)9-18-14(19-13)20-16/h2-6,9-10H,7-8,16H2,1H3,(H2,17,18,19,20). The zero-order valence-electron chi connectivity index (χ0n) is 11.3. The van der Waals surface area contributed by atoms with Crippen LogP contribution in [0.2, 0.25) is 0 Å². The molecule has 0 spiro atoms. The van der Waals surface area contributed by atoms with Crippen LogP contribution >= 0.6 is 0 Å². The molecule has 1 unspecified atom stereocenters. The number of nitrogens with two attached hydrogens (primary N) is 1. The van der Waals surface area contributed by atoms with Gasteiger partial charge in [0.15, 0.2) is 11.6 Å². The molecule has 2 rings (SSSR count). The molecule has 1 aromatic heterocycles. The van der Waals surface area contributed by atoms with Crippen molar-refractivity contribution < 1.29 is 4.39 Å². The molecule has 1 atom stereocenters. The first-order chi connectivity index (χ1) is 9.70. The van der Waals surface area contributed by atoms with Crippen LogP contribution in [0.1, 0.15) is 24.8 Å². The third kappa shape index (κ3) is 3.64. The SMILES string of the molecule is CC(CCNc1nc(NN)ncc1F)c1ccccc1. The summed E-state index contributed by atoms with van der Waals surface area (Å²) >= 11 is 0. The first kappa shape index (κ1) is 14.2. The number of anilines is 2. The van der Waals surface area contributed by atoms with Gasteiger partial charge in [-0.3, -0.25) is 5.43 Å². The molecule has 1 aromatic carbocycles. The largest absolute Gasteiger partial charge is 0.367 e. The Balaban J connectivity index is 1.90. The molecule has 6 heteroatoms. The fourth-order valence-corrected chi connectivity index (χ4v) is 1.92. The highest BCUT2D eigenvalue weighted by Crippen LogP contribution is 2.19. The van der Waals surface area contributed by atoms with E-state index in [1.807, 2.05) is 18.2 Å². The van der Waals surface area contributed by atoms with Crippen LogP contribution in [-0.4, -0.2) is 16.5 Å². The van der Waals surface area contributed by atoms with Crippen molar-refractivity contribution in [3.63, 3.8) is 0 Å². The highest BCUT2D eigenvalue weighted by atomic mass is 19.1. The highest BCUT2D eigenvalue weighted by molar-refractivity contribution is 5.40. The smallest absolute Gasteiger partial charge is 0.239 e. The third-order valence-electron chi connectivity index (χ3n) is 3.11. The van der Waals surface area contributed by atoms with Gasteiger partial charge in [-0.25, -0.2) is 15.2 Å². The highest BCUT2D eigenvalue weighted by Gasteiger charge is 2.08. The van der Waals surface area contributed by atoms with E-state index in [1.54, 1.807) is 0 Å². The summed E-state index contributed by atoms with van der Waals surface area (Å²) < 4.78 is 13.5. The monoisotopic (exact) mass is 275 g/mol. The Labute approximate surface area is 117 Å². The van der Waals surface area contributed by atoms with Crippen LogP contribution in [0.5, 0.6) is 0 Å². The van der Waals surface area contributed by atoms with Crippen molar-refractivity contribution in [3.8, 4) is 0 Å². The zero-order chi connectivity index (χ0) is 14.4. The van der Waals surface area contributed by atoms with Crippen molar-refractivity contribution in [2.24, 2.45) is 5.84 Å². The van der Waals surface area contributed by atoms with Crippen LogP contribution in [0.15, 0.2) is 36.5 Å². The summed E-state index contributed by atoms with van der Waals surface area (Å²) in [5.74, 6) is 5.44. The first-order valence-corrected chi connectivity index (χ1v) is 6.48. The Bertz CT molecular complexity index is 547. The minimum atomic E-state index is -0.489. The first-order valence-electron chi connectivity index (χ1n) is 6.48. The molecule has 0 saturated carbocycles.